The number of carbonyl (C=O) groups is 1. The fraction of sp³-hybridized carbons (Fsp3) is 0.250. The zero-order chi connectivity index (χ0) is 21.1. The highest BCUT2D eigenvalue weighted by Crippen LogP contribution is 2.42. The lowest BCUT2D eigenvalue weighted by atomic mass is 10.1. The summed E-state index contributed by atoms with van der Waals surface area (Å²) in [5, 5.41) is 11.9. The molecular formula is C20H19FN4O3S2. The molecule has 1 aliphatic rings. The van der Waals surface area contributed by atoms with Gasteiger partial charge in [-0.1, -0.05) is 53.8 Å². The van der Waals surface area contributed by atoms with Gasteiger partial charge >= 0.3 is 0 Å². The van der Waals surface area contributed by atoms with Crippen molar-refractivity contribution in [3.8, 4) is 0 Å². The van der Waals surface area contributed by atoms with E-state index in [4.69, 9.17) is 0 Å². The Hall–Kier alpha value is -2.69. The van der Waals surface area contributed by atoms with E-state index < -0.39 is 32.7 Å². The second-order valence-electron chi connectivity index (χ2n) is 7.00. The van der Waals surface area contributed by atoms with Gasteiger partial charge in [-0.2, -0.15) is 4.72 Å². The SMILES string of the molecule is O=C(Nc1nnc(C2CC2)s1)C(Cc1ccccc1)NS(=O)(=O)c1ccccc1F. The summed E-state index contributed by atoms with van der Waals surface area (Å²) in [5.41, 5.74) is 0.754. The molecule has 0 bridgehead atoms. The van der Waals surface area contributed by atoms with E-state index in [2.05, 4.69) is 20.2 Å². The first-order chi connectivity index (χ1) is 14.4. The van der Waals surface area contributed by atoms with Crippen molar-refractivity contribution in [3.05, 3.63) is 71.0 Å². The molecule has 2 aromatic carbocycles. The molecule has 1 unspecified atom stereocenters. The number of halogens is 1. The molecule has 3 aromatic rings. The molecule has 1 heterocycles. The highest BCUT2D eigenvalue weighted by Gasteiger charge is 2.30. The van der Waals surface area contributed by atoms with Crippen molar-refractivity contribution in [2.24, 2.45) is 0 Å². The Morgan fingerprint density at radius 2 is 1.80 bits per heavy atom. The summed E-state index contributed by atoms with van der Waals surface area (Å²) in [5.74, 6) is -1.08. The molecule has 1 aliphatic carbocycles. The Morgan fingerprint density at radius 1 is 1.10 bits per heavy atom. The van der Waals surface area contributed by atoms with Crippen molar-refractivity contribution in [2.45, 2.75) is 36.1 Å². The van der Waals surface area contributed by atoms with Crippen LogP contribution < -0.4 is 10.0 Å². The molecule has 7 nitrogen and oxygen atoms in total. The summed E-state index contributed by atoms with van der Waals surface area (Å²) in [6.07, 6.45) is 2.21. The van der Waals surface area contributed by atoms with Crippen LogP contribution in [0.2, 0.25) is 0 Å². The van der Waals surface area contributed by atoms with Crippen LogP contribution in [0.4, 0.5) is 9.52 Å². The zero-order valence-corrected chi connectivity index (χ0v) is 17.4. The number of sulfonamides is 1. The van der Waals surface area contributed by atoms with E-state index in [0.717, 1.165) is 35.5 Å². The largest absolute Gasteiger partial charge is 0.299 e. The van der Waals surface area contributed by atoms with Crippen LogP contribution >= 0.6 is 11.3 Å². The molecule has 1 atom stereocenters. The number of nitrogens with one attached hydrogen (secondary N) is 2. The van der Waals surface area contributed by atoms with Crippen LogP contribution in [-0.4, -0.2) is 30.6 Å². The third-order valence-corrected chi connectivity index (χ3v) is 7.13. The maximum Gasteiger partial charge on any atom is 0.244 e. The quantitative estimate of drug-likeness (QED) is 0.554. The second kappa shape index (κ2) is 8.58. The van der Waals surface area contributed by atoms with E-state index in [-0.39, 0.29) is 6.42 Å². The molecule has 0 aliphatic heterocycles. The molecule has 30 heavy (non-hydrogen) atoms. The topological polar surface area (TPSA) is 101 Å². The van der Waals surface area contributed by atoms with Gasteiger partial charge in [0, 0.05) is 5.92 Å². The van der Waals surface area contributed by atoms with Crippen molar-refractivity contribution >= 4 is 32.4 Å². The third kappa shape index (κ3) is 4.89. The molecule has 0 saturated heterocycles. The minimum absolute atomic E-state index is 0.0919. The van der Waals surface area contributed by atoms with Gasteiger partial charge in [-0.3, -0.25) is 10.1 Å². The Bertz CT molecular complexity index is 1150. The molecule has 1 saturated carbocycles. The summed E-state index contributed by atoms with van der Waals surface area (Å²) in [6, 6.07) is 12.9. The van der Waals surface area contributed by atoms with Crippen LogP contribution in [0, 0.1) is 5.82 Å². The highest BCUT2D eigenvalue weighted by molar-refractivity contribution is 7.89. The van der Waals surface area contributed by atoms with Crippen LogP contribution in [0.15, 0.2) is 59.5 Å². The summed E-state index contributed by atoms with van der Waals surface area (Å²) in [4.78, 5) is 12.4. The summed E-state index contributed by atoms with van der Waals surface area (Å²) in [6.45, 7) is 0. The van der Waals surface area contributed by atoms with E-state index in [9.17, 15) is 17.6 Å². The zero-order valence-electron chi connectivity index (χ0n) is 15.8. The molecule has 1 fully saturated rings. The monoisotopic (exact) mass is 446 g/mol. The fourth-order valence-electron chi connectivity index (χ4n) is 2.92. The molecule has 156 valence electrons. The number of anilines is 1. The number of carbonyl (C=O) groups excluding carboxylic acids is 1. The van der Waals surface area contributed by atoms with E-state index in [1.54, 1.807) is 24.3 Å². The van der Waals surface area contributed by atoms with Gasteiger partial charge in [0.15, 0.2) is 0 Å². The number of hydrogen-bond donors (Lipinski definition) is 2. The van der Waals surface area contributed by atoms with Gasteiger partial charge < -0.3 is 0 Å². The van der Waals surface area contributed by atoms with Gasteiger partial charge in [0.25, 0.3) is 0 Å². The van der Waals surface area contributed by atoms with Gasteiger partial charge in [0.2, 0.25) is 21.1 Å². The lowest BCUT2D eigenvalue weighted by Gasteiger charge is -2.18. The minimum Gasteiger partial charge on any atom is -0.299 e. The Labute approximate surface area is 177 Å². The smallest absolute Gasteiger partial charge is 0.244 e. The minimum atomic E-state index is -4.26. The Kier molecular flexibility index (Phi) is 5.89. The maximum atomic E-state index is 14.1. The van der Waals surface area contributed by atoms with Crippen LogP contribution in [0.1, 0.15) is 29.3 Å². The summed E-state index contributed by atoms with van der Waals surface area (Å²) >= 11 is 1.28. The van der Waals surface area contributed by atoms with Gasteiger partial charge in [-0.05, 0) is 37.0 Å². The van der Waals surface area contributed by atoms with Gasteiger partial charge in [0.05, 0.1) is 0 Å². The Morgan fingerprint density at radius 3 is 2.50 bits per heavy atom. The first-order valence-electron chi connectivity index (χ1n) is 9.37. The number of hydrogen-bond acceptors (Lipinski definition) is 6. The highest BCUT2D eigenvalue weighted by atomic mass is 32.2. The van der Waals surface area contributed by atoms with E-state index in [1.165, 1.54) is 23.5 Å². The lowest BCUT2D eigenvalue weighted by molar-refractivity contribution is -0.117. The first kappa shape index (κ1) is 20.6. The van der Waals surface area contributed by atoms with E-state index in [0.29, 0.717) is 11.0 Å². The predicted molar refractivity (Wildman–Crippen MR) is 111 cm³/mol. The number of benzene rings is 2. The maximum absolute atomic E-state index is 14.1. The van der Waals surface area contributed by atoms with E-state index >= 15 is 0 Å². The normalized spacial score (nSPS) is 15.0. The molecule has 1 amide bonds. The molecule has 1 aromatic heterocycles. The molecule has 4 rings (SSSR count). The third-order valence-electron chi connectivity index (χ3n) is 4.62. The number of nitrogens with zero attached hydrogens (tertiary/aromatic N) is 2. The Balaban J connectivity index is 1.56. The fourth-order valence-corrected chi connectivity index (χ4v) is 5.11. The molecule has 2 N–H and O–H groups in total. The second-order valence-corrected chi connectivity index (χ2v) is 9.69. The van der Waals surface area contributed by atoms with Gasteiger partial charge in [-0.15, -0.1) is 10.2 Å². The van der Waals surface area contributed by atoms with Crippen LogP contribution in [-0.2, 0) is 21.2 Å². The number of rotatable bonds is 8. The standard InChI is InChI=1S/C20H19FN4O3S2/c21-15-8-4-5-9-17(15)30(27,28)25-16(12-13-6-2-1-3-7-13)18(26)22-20-24-23-19(29-20)14-10-11-14/h1-9,14,16,25H,10-12H2,(H,22,24,26). The molecule has 0 spiro atoms. The van der Waals surface area contributed by atoms with Crippen molar-refractivity contribution < 1.29 is 17.6 Å². The van der Waals surface area contributed by atoms with Crippen molar-refractivity contribution in [1.29, 1.82) is 0 Å². The van der Waals surface area contributed by atoms with Crippen LogP contribution in [0.3, 0.4) is 0 Å². The summed E-state index contributed by atoms with van der Waals surface area (Å²) in [7, 11) is -4.26. The van der Waals surface area contributed by atoms with Gasteiger partial charge in [-0.25, -0.2) is 12.8 Å². The number of aromatic nitrogens is 2. The molecular weight excluding hydrogens is 427 g/mol. The van der Waals surface area contributed by atoms with Crippen LogP contribution in [0.25, 0.3) is 0 Å². The predicted octanol–water partition coefficient (Wildman–Crippen LogP) is 3.08. The molecule has 10 heteroatoms. The summed E-state index contributed by atoms with van der Waals surface area (Å²) < 4.78 is 41.9. The average Bonchev–Trinajstić information content (AvgIpc) is 3.47. The first-order valence-corrected chi connectivity index (χ1v) is 11.7. The number of amides is 1. The van der Waals surface area contributed by atoms with Crippen LogP contribution in [0.5, 0.6) is 0 Å². The van der Waals surface area contributed by atoms with Crippen molar-refractivity contribution in [3.63, 3.8) is 0 Å². The lowest BCUT2D eigenvalue weighted by Crippen LogP contribution is -2.45. The average molecular weight is 447 g/mol. The van der Waals surface area contributed by atoms with E-state index in [1.807, 2.05) is 6.07 Å². The molecule has 0 radical (unpaired) electrons. The van der Waals surface area contributed by atoms with Crippen molar-refractivity contribution in [2.75, 3.05) is 5.32 Å². The van der Waals surface area contributed by atoms with Gasteiger partial charge in [0.1, 0.15) is 21.8 Å². The van der Waals surface area contributed by atoms with Crippen molar-refractivity contribution in [1.82, 2.24) is 14.9 Å².